The molecule has 1 heterocycles. The zero-order valence-corrected chi connectivity index (χ0v) is 9.19. The van der Waals surface area contributed by atoms with Crippen molar-refractivity contribution < 1.29 is 13.2 Å². The van der Waals surface area contributed by atoms with Crippen LogP contribution in [-0.4, -0.2) is 36.5 Å². The first-order valence-electron chi connectivity index (χ1n) is 5.54. The molecule has 16 heavy (non-hydrogen) atoms. The third-order valence-corrected chi connectivity index (χ3v) is 2.91. The highest BCUT2D eigenvalue weighted by Crippen LogP contribution is 2.27. The molecule has 1 atom stereocenters. The Bertz CT molecular complexity index is 232. The Balaban J connectivity index is 2.56. The number of alkyl halides is 3. The summed E-state index contributed by atoms with van der Waals surface area (Å²) in [7, 11) is 0. The van der Waals surface area contributed by atoms with Gasteiger partial charge in [-0.3, -0.25) is 5.41 Å². The van der Waals surface area contributed by atoms with Crippen molar-refractivity contribution in [2.75, 3.05) is 19.6 Å². The number of hydrogen-bond donors (Lipinski definition) is 2. The lowest BCUT2D eigenvalue weighted by Crippen LogP contribution is -2.44. The van der Waals surface area contributed by atoms with E-state index in [1.807, 2.05) is 0 Å². The second-order valence-electron chi connectivity index (χ2n) is 4.26. The van der Waals surface area contributed by atoms with Gasteiger partial charge >= 0.3 is 6.18 Å². The Kier molecular flexibility index (Phi) is 4.58. The van der Waals surface area contributed by atoms with Crippen molar-refractivity contribution in [1.29, 1.82) is 5.41 Å². The fourth-order valence-electron chi connectivity index (χ4n) is 1.96. The third kappa shape index (κ3) is 4.00. The number of halogens is 3. The minimum atomic E-state index is -4.40. The zero-order valence-electron chi connectivity index (χ0n) is 9.19. The second kappa shape index (κ2) is 5.52. The minimum Gasteiger partial charge on any atom is -0.387 e. The molecule has 1 unspecified atom stereocenters. The summed E-state index contributed by atoms with van der Waals surface area (Å²) in [6, 6.07) is 0. The molecular formula is C10H18F3N3. The lowest BCUT2D eigenvalue weighted by Gasteiger charge is -2.26. The van der Waals surface area contributed by atoms with Gasteiger partial charge in [-0.05, 0) is 25.9 Å². The van der Waals surface area contributed by atoms with Crippen LogP contribution in [0.2, 0.25) is 0 Å². The number of nitrogens with two attached hydrogens (primary N) is 1. The van der Waals surface area contributed by atoms with Crippen LogP contribution in [0.25, 0.3) is 0 Å². The van der Waals surface area contributed by atoms with Crippen LogP contribution in [0.1, 0.15) is 25.7 Å². The highest BCUT2D eigenvalue weighted by molar-refractivity contribution is 5.80. The van der Waals surface area contributed by atoms with E-state index in [0.29, 0.717) is 13.1 Å². The van der Waals surface area contributed by atoms with E-state index >= 15 is 0 Å². The normalized spacial score (nSPS) is 21.4. The van der Waals surface area contributed by atoms with Crippen molar-refractivity contribution in [2.24, 2.45) is 11.7 Å². The molecule has 0 aromatic rings. The summed E-state index contributed by atoms with van der Waals surface area (Å²) in [6.45, 7) is 1.19. The maximum absolute atomic E-state index is 12.6. The lowest BCUT2D eigenvalue weighted by atomic mass is 10.1. The van der Waals surface area contributed by atoms with Gasteiger partial charge in [-0.2, -0.15) is 13.2 Å². The van der Waals surface area contributed by atoms with Gasteiger partial charge < -0.3 is 10.6 Å². The first kappa shape index (κ1) is 13.3. The molecule has 6 heteroatoms. The minimum absolute atomic E-state index is 0.168. The molecule has 0 spiro atoms. The molecule has 1 aliphatic rings. The average Bonchev–Trinajstić information content (AvgIpc) is 2.39. The Morgan fingerprint density at radius 3 is 2.06 bits per heavy atom. The quantitative estimate of drug-likeness (QED) is 0.582. The van der Waals surface area contributed by atoms with Gasteiger partial charge in [0.2, 0.25) is 0 Å². The molecule has 1 aliphatic heterocycles. The molecular weight excluding hydrogens is 219 g/mol. The molecule has 0 aromatic carbocycles. The number of hydrogen-bond acceptors (Lipinski definition) is 2. The molecule has 3 nitrogen and oxygen atoms in total. The summed E-state index contributed by atoms with van der Waals surface area (Å²) in [4.78, 5) is 1.77. The van der Waals surface area contributed by atoms with Gasteiger partial charge in [0.25, 0.3) is 0 Å². The molecule has 0 amide bonds. The molecule has 94 valence electrons. The predicted molar refractivity (Wildman–Crippen MR) is 56.4 cm³/mol. The Morgan fingerprint density at radius 1 is 1.19 bits per heavy atom. The number of nitrogens with zero attached hydrogens (tertiary/aromatic N) is 1. The second-order valence-corrected chi connectivity index (χ2v) is 4.26. The molecule has 0 aromatic heterocycles. The molecule has 0 radical (unpaired) electrons. The van der Waals surface area contributed by atoms with Crippen molar-refractivity contribution in [3.63, 3.8) is 0 Å². The van der Waals surface area contributed by atoms with Crippen molar-refractivity contribution >= 4 is 5.84 Å². The van der Waals surface area contributed by atoms with E-state index in [0.717, 1.165) is 25.7 Å². The number of rotatable bonds is 3. The van der Waals surface area contributed by atoms with E-state index in [4.69, 9.17) is 11.1 Å². The molecule has 0 bridgehead atoms. The van der Waals surface area contributed by atoms with Crippen LogP contribution in [-0.2, 0) is 0 Å². The zero-order chi connectivity index (χ0) is 12.2. The maximum Gasteiger partial charge on any atom is 0.399 e. The highest BCUT2D eigenvalue weighted by Gasteiger charge is 2.42. The van der Waals surface area contributed by atoms with Crippen LogP contribution in [0, 0.1) is 11.3 Å². The van der Waals surface area contributed by atoms with Gasteiger partial charge in [-0.1, -0.05) is 12.8 Å². The summed E-state index contributed by atoms with van der Waals surface area (Å²) in [5, 5.41) is 7.01. The topological polar surface area (TPSA) is 53.1 Å². The molecule has 3 N–H and O–H groups in total. The van der Waals surface area contributed by atoms with Gasteiger partial charge in [-0.25, -0.2) is 0 Å². The van der Waals surface area contributed by atoms with Crippen molar-refractivity contribution in [3.8, 4) is 0 Å². The standard InChI is InChI=1S/C10H18F3N3/c11-10(12,13)8(9(14)15)7-16-5-3-1-2-4-6-16/h8H,1-7H2,(H3,14,15). The maximum atomic E-state index is 12.6. The van der Waals surface area contributed by atoms with Crippen LogP contribution >= 0.6 is 0 Å². The van der Waals surface area contributed by atoms with E-state index in [9.17, 15) is 13.2 Å². The first-order valence-corrected chi connectivity index (χ1v) is 5.54. The van der Waals surface area contributed by atoms with E-state index in [-0.39, 0.29) is 6.54 Å². The van der Waals surface area contributed by atoms with Crippen LogP contribution in [0.5, 0.6) is 0 Å². The van der Waals surface area contributed by atoms with Gasteiger partial charge in [0.05, 0.1) is 0 Å². The summed E-state index contributed by atoms with van der Waals surface area (Å²) >= 11 is 0. The van der Waals surface area contributed by atoms with Gasteiger partial charge in [0, 0.05) is 6.54 Å². The fourth-order valence-corrected chi connectivity index (χ4v) is 1.96. The highest BCUT2D eigenvalue weighted by atomic mass is 19.4. The largest absolute Gasteiger partial charge is 0.399 e. The van der Waals surface area contributed by atoms with Crippen LogP contribution < -0.4 is 5.73 Å². The Morgan fingerprint density at radius 2 is 1.69 bits per heavy atom. The van der Waals surface area contributed by atoms with Crippen LogP contribution in [0.4, 0.5) is 13.2 Å². The third-order valence-electron chi connectivity index (χ3n) is 2.91. The van der Waals surface area contributed by atoms with E-state index < -0.39 is 17.9 Å². The molecule has 1 saturated heterocycles. The molecule has 0 saturated carbocycles. The van der Waals surface area contributed by atoms with E-state index in [1.54, 1.807) is 4.90 Å². The van der Waals surface area contributed by atoms with E-state index in [1.165, 1.54) is 0 Å². The number of nitrogens with one attached hydrogen (secondary N) is 1. The van der Waals surface area contributed by atoms with Gasteiger partial charge in [0.1, 0.15) is 11.8 Å². The van der Waals surface area contributed by atoms with Crippen LogP contribution in [0.15, 0.2) is 0 Å². The molecule has 0 aliphatic carbocycles. The predicted octanol–water partition coefficient (Wildman–Crippen LogP) is 1.98. The Labute approximate surface area is 93.3 Å². The smallest absolute Gasteiger partial charge is 0.387 e. The number of likely N-dealkylation sites (tertiary alicyclic amines) is 1. The van der Waals surface area contributed by atoms with Crippen LogP contribution in [0.3, 0.4) is 0 Å². The lowest BCUT2D eigenvalue weighted by molar-refractivity contribution is -0.159. The summed E-state index contributed by atoms with van der Waals surface area (Å²) in [5.41, 5.74) is 5.02. The Hall–Kier alpha value is -0.780. The average molecular weight is 237 g/mol. The summed E-state index contributed by atoms with van der Waals surface area (Å²) in [5.74, 6) is -2.60. The monoisotopic (exact) mass is 237 g/mol. The fraction of sp³-hybridized carbons (Fsp3) is 0.900. The molecule has 1 fully saturated rings. The molecule has 1 rings (SSSR count). The first-order chi connectivity index (χ1) is 7.41. The number of amidine groups is 1. The van der Waals surface area contributed by atoms with Gasteiger partial charge in [0.15, 0.2) is 0 Å². The van der Waals surface area contributed by atoms with Crippen molar-refractivity contribution in [1.82, 2.24) is 4.90 Å². The summed E-state index contributed by atoms with van der Waals surface area (Å²) in [6.07, 6.45) is -0.385. The van der Waals surface area contributed by atoms with E-state index in [2.05, 4.69) is 0 Å². The van der Waals surface area contributed by atoms with Crippen molar-refractivity contribution in [2.45, 2.75) is 31.9 Å². The summed E-state index contributed by atoms with van der Waals surface area (Å²) < 4.78 is 37.7. The van der Waals surface area contributed by atoms with Gasteiger partial charge in [-0.15, -0.1) is 0 Å². The van der Waals surface area contributed by atoms with Crippen molar-refractivity contribution in [3.05, 3.63) is 0 Å². The SMILES string of the molecule is N=C(N)C(CN1CCCCCC1)C(F)(F)F.